The van der Waals surface area contributed by atoms with Crippen molar-refractivity contribution in [2.45, 2.75) is 25.7 Å². The summed E-state index contributed by atoms with van der Waals surface area (Å²) in [5.74, 6) is 0. The van der Waals surface area contributed by atoms with E-state index in [0.717, 1.165) is 70.4 Å². The van der Waals surface area contributed by atoms with Crippen molar-refractivity contribution in [1.29, 1.82) is 0 Å². The Bertz CT molecular complexity index is 756. The second-order valence-corrected chi connectivity index (χ2v) is 8.14. The maximum absolute atomic E-state index is 4.51. The quantitative estimate of drug-likeness (QED) is 0.613. The van der Waals surface area contributed by atoms with Gasteiger partial charge in [-0.15, -0.1) is 10.2 Å². The predicted molar refractivity (Wildman–Crippen MR) is 122 cm³/mol. The molecule has 0 atom stereocenters. The Morgan fingerprint density at radius 1 is 0.548 bits per heavy atom. The van der Waals surface area contributed by atoms with Gasteiger partial charge in [0.2, 0.25) is 0 Å². The summed E-state index contributed by atoms with van der Waals surface area (Å²) in [5, 5.41) is 22.0. The average Bonchev–Trinajstić information content (AvgIpc) is 3.18. The van der Waals surface area contributed by atoms with Crippen LogP contribution in [0.5, 0.6) is 0 Å². The molecule has 164 valence electrons. The smallest absolute Gasteiger partial charge is 0.0906 e. The van der Waals surface area contributed by atoms with E-state index in [0.29, 0.717) is 0 Å². The Hall–Kier alpha value is -2.84. The Balaban J connectivity index is 1.32. The lowest BCUT2D eigenvalue weighted by molar-refractivity contribution is 0.0535. The van der Waals surface area contributed by atoms with Crippen LogP contribution in [0.4, 0.5) is 11.4 Å². The van der Waals surface area contributed by atoms with Crippen LogP contribution in [0.1, 0.15) is 25.7 Å². The van der Waals surface area contributed by atoms with Crippen molar-refractivity contribution in [3.05, 3.63) is 60.7 Å². The summed E-state index contributed by atoms with van der Waals surface area (Å²) in [6.45, 7) is 6.58. The van der Waals surface area contributed by atoms with Crippen molar-refractivity contribution in [2.24, 2.45) is 20.7 Å². The highest BCUT2D eigenvalue weighted by molar-refractivity contribution is 5.35. The third kappa shape index (κ3) is 7.11. The number of benzene rings is 2. The van der Waals surface area contributed by atoms with Crippen LogP contribution < -0.4 is 0 Å². The summed E-state index contributed by atoms with van der Waals surface area (Å²) in [4.78, 5) is 4.93. The zero-order chi connectivity index (χ0) is 21.1. The van der Waals surface area contributed by atoms with Gasteiger partial charge in [0.1, 0.15) is 0 Å². The molecule has 2 aromatic rings. The molecular formula is C23H32N8. The SMILES string of the molecule is c1ccc(N=NN2CCCCN(CN3CCCCN(N=Nc4ccccc4)C3)C2)cc1. The van der Waals surface area contributed by atoms with Crippen LogP contribution in [0.15, 0.2) is 81.3 Å². The number of hydrogen-bond donors (Lipinski definition) is 0. The highest BCUT2D eigenvalue weighted by Gasteiger charge is 2.20. The van der Waals surface area contributed by atoms with Crippen LogP contribution in [0.2, 0.25) is 0 Å². The molecule has 2 aromatic carbocycles. The molecule has 2 fully saturated rings. The Morgan fingerprint density at radius 2 is 0.968 bits per heavy atom. The summed E-state index contributed by atoms with van der Waals surface area (Å²) in [7, 11) is 0. The molecule has 0 radical (unpaired) electrons. The zero-order valence-corrected chi connectivity index (χ0v) is 18.1. The van der Waals surface area contributed by atoms with Crippen LogP contribution in [0.3, 0.4) is 0 Å². The maximum Gasteiger partial charge on any atom is 0.0906 e. The normalized spacial score (nSPS) is 19.7. The number of nitrogens with zero attached hydrogens (tertiary/aromatic N) is 8. The monoisotopic (exact) mass is 420 g/mol. The second-order valence-electron chi connectivity index (χ2n) is 8.14. The molecule has 0 aliphatic carbocycles. The molecule has 0 aromatic heterocycles. The van der Waals surface area contributed by atoms with E-state index in [1.54, 1.807) is 0 Å². The number of hydrogen-bond acceptors (Lipinski definition) is 6. The molecule has 2 aliphatic rings. The predicted octanol–water partition coefficient (Wildman–Crippen LogP) is 5.05. The fourth-order valence-corrected chi connectivity index (χ4v) is 3.88. The van der Waals surface area contributed by atoms with Gasteiger partial charge in [0, 0.05) is 26.2 Å². The minimum Gasteiger partial charge on any atom is -0.272 e. The van der Waals surface area contributed by atoms with Gasteiger partial charge in [-0.1, -0.05) is 46.8 Å². The zero-order valence-electron chi connectivity index (χ0n) is 18.1. The summed E-state index contributed by atoms with van der Waals surface area (Å²) in [5.41, 5.74) is 1.79. The Morgan fingerprint density at radius 3 is 1.42 bits per heavy atom. The van der Waals surface area contributed by atoms with Crippen molar-refractivity contribution < 1.29 is 0 Å². The van der Waals surface area contributed by atoms with Gasteiger partial charge in [-0.2, -0.15) is 0 Å². The summed E-state index contributed by atoms with van der Waals surface area (Å²) < 4.78 is 0. The minimum atomic E-state index is 0.804. The highest BCUT2D eigenvalue weighted by Crippen LogP contribution is 2.16. The molecule has 8 heteroatoms. The van der Waals surface area contributed by atoms with Crippen LogP contribution >= 0.6 is 0 Å². The lowest BCUT2D eigenvalue weighted by Gasteiger charge is -2.31. The standard InChI is InChI=1S/C23H32N8/c1-3-11-22(12-4-1)24-26-30-17-9-7-15-28(20-30)19-29-16-8-10-18-31(21-29)27-25-23-13-5-2-6-14-23/h1-6,11-14H,7-10,15-21H2. The molecule has 0 unspecified atom stereocenters. The third-order valence-corrected chi connectivity index (χ3v) is 5.49. The fraction of sp³-hybridized carbons (Fsp3) is 0.478. The first kappa shape index (κ1) is 21.4. The van der Waals surface area contributed by atoms with E-state index in [-0.39, 0.29) is 0 Å². The largest absolute Gasteiger partial charge is 0.272 e. The molecule has 0 saturated carbocycles. The second kappa shape index (κ2) is 11.5. The first-order chi connectivity index (χ1) is 15.3. The van der Waals surface area contributed by atoms with E-state index in [1.165, 1.54) is 12.8 Å². The van der Waals surface area contributed by atoms with Crippen molar-refractivity contribution in [3.8, 4) is 0 Å². The molecule has 31 heavy (non-hydrogen) atoms. The van der Waals surface area contributed by atoms with Gasteiger partial charge >= 0.3 is 0 Å². The molecule has 2 heterocycles. The van der Waals surface area contributed by atoms with Crippen LogP contribution in [-0.4, -0.2) is 66.0 Å². The molecule has 2 aliphatic heterocycles. The van der Waals surface area contributed by atoms with E-state index in [9.17, 15) is 0 Å². The van der Waals surface area contributed by atoms with E-state index >= 15 is 0 Å². The number of rotatable bonds is 6. The first-order valence-electron chi connectivity index (χ1n) is 11.2. The van der Waals surface area contributed by atoms with Crippen molar-refractivity contribution in [1.82, 2.24) is 19.8 Å². The van der Waals surface area contributed by atoms with Crippen molar-refractivity contribution in [2.75, 3.05) is 46.2 Å². The third-order valence-electron chi connectivity index (χ3n) is 5.49. The Labute approximate surface area is 184 Å². The molecule has 8 nitrogen and oxygen atoms in total. The van der Waals surface area contributed by atoms with Gasteiger partial charge in [-0.3, -0.25) is 19.8 Å². The Kier molecular flexibility index (Phi) is 7.95. The molecule has 0 bridgehead atoms. The summed E-state index contributed by atoms with van der Waals surface area (Å²) >= 11 is 0. The van der Waals surface area contributed by atoms with E-state index in [4.69, 9.17) is 0 Å². The van der Waals surface area contributed by atoms with Gasteiger partial charge in [0.15, 0.2) is 0 Å². The van der Waals surface area contributed by atoms with Gasteiger partial charge in [-0.05, 0) is 49.9 Å². The molecule has 0 amide bonds. The molecule has 0 N–H and O–H groups in total. The fourth-order valence-electron chi connectivity index (χ4n) is 3.88. The topological polar surface area (TPSA) is 62.4 Å². The van der Waals surface area contributed by atoms with Gasteiger partial charge in [0.05, 0.1) is 31.4 Å². The lowest BCUT2D eigenvalue weighted by Crippen LogP contribution is -2.44. The first-order valence-corrected chi connectivity index (χ1v) is 11.2. The van der Waals surface area contributed by atoms with Gasteiger partial charge in [0.25, 0.3) is 0 Å². The van der Waals surface area contributed by atoms with E-state index in [1.807, 2.05) is 60.7 Å². The van der Waals surface area contributed by atoms with E-state index < -0.39 is 0 Å². The molecular weight excluding hydrogens is 388 g/mol. The molecule has 4 rings (SSSR count). The van der Waals surface area contributed by atoms with Crippen LogP contribution in [-0.2, 0) is 0 Å². The highest BCUT2D eigenvalue weighted by atomic mass is 15.6. The van der Waals surface area contributed by atoms with Gasteiger partial charge in [-0.25, -0.2) is 0 Å². The minimum absolute atomic E-state index is 0.804. The van der Waals surface area contributed by atoms with Crippen molar-refractivity contribution in [3.63, 3.8) is 0 Å². The molecule has 2 saturated heterocycles. The van der Waals surface area contributed by atoms with Crippen LogP contribution in [0, 0.1) is 0 Å². The molecule has 0 spiro atoms. The van der Waals surface area contributed by atoms with E-state index in [2.05, 4.69) is 40.5 Å². The lowest BCUT2D eigenvalue weighted by atomic mass is 10.3. The van der Waals surface area contributed by atoms with Crippen molar-refractivity contribution >= 4 is 11.4 Å². The van der Waals surface area contributed by atoms with Crippen LogP contribution in [0.25, 0.3) is 0 Å². The average molecular weight is 421 g/mol. The van der Waals surface area contributed by atoms with Gasteiger partial charge < -0.3 is 0 Å². The summed E-state index contributed by atoms with van der Waals surface area (Å²) in [6, 6.07) is 19.9. The summed E-state index contributed by atoms with van der Waals surface area (Å²) in [6.07, 6.45) is 4.65. The maximum atomic E-state index is 4.51.